The molecule has 2 aromatic carbocycles. The summed E-state index contributed by atoms with van der Waals surface area (Å²) in [5.41, 5.74) is 12.5. The highest BCUT2D eigenvalue weighted by Crippen LogP contribution is 2.28. The van der Waals surface area contributed by atoms with Gasteiger partial charge in [-0.25, -0.2) is 0 Å². The van der Waals surface area contributed by atoms with Crippen LogP contribution in [0.2, 0.25) is 0 Å². The second kappa shape index (κ2) is 7.27. The molecule has 0 radical (unpaired) electrons. The number of fused-ring (bicyclic) bond motifs is 1. The normalized spacial score (nSPS) is 12.8. The van der Waals surface area contributed by atoms with Crippen molar-refractivity contribution in [2.75, 3.05) is 5.73 Å². The summed E-state index contributed by atoms with van der Waals surface area (Å²) in [5.74, 6) is -0.117. The third-order valence-electron chi connectivity index (χ3n) is 5.39. The number of aryl methyl sites for hydroxylation is 2. The summed E-state index contributed by atoms with van der Waals surface area (Å²) in [6, 6.07) is 12.0. The molecule has 146 valence electrons. The van der Waals surface area contributed by atoms with Crippen molar-refractivity contribution in [3.63, 3.8) is 0 Å². The van der Waals surface area contributed by atoms with Gasteiger partial charge in [-0.05, 0) is 60.6 Å². The largest absolute Gasteiger partial charge is 0.399 e. The molecule has 4 heteroatoms. The Kier molecular flexibility index (Phi) is 5.16. The minimum atomic E-state index is -0.120. The molecule has 1 heterocycles. The molecule has 1 aromatic heterocycles. The van der Waals surface area contributed by atoms with Crippen molar-refractivity contribution >= 4 is 22.5 Å². The van der Waals surface area contributed by atoms with Crippen molar-refractivity contribution in [1.29, 1.82) is 0 Å². The fourth-order valence-corrected chi connectivity index (χ4v) is 3.35. The molecule has 3 rings (SSSR count). The second-order valence-electron chi connectivity index (χ2n) is 8.59. The number of anilines is 1. The van der Waals surface area contributed by atoms with Crippen LogP contribution in [0.5, 0.6) is 0 Å². The summed E-state index contributed by atoms with van der Waals surface area (Å²) in [6.45, 7) is 12.5. The number of nitrogens with two attached hydrogens (primary N) is 1. The number of nitrogens with zero attached hydrogens (tertiary/aromatic N) is 1. The zero-order chi connectivity index (χ0) is 20.6. The van der Waals surface area contributed by atoms with E-state index in [1.54, 1.807) is 6.20 Å². The maximum absolute atomic E-state index is 12.9. The lowest BCUT2D eigenvalue weighted by Gasteiger charge is -2.20. The van der Waals surface area contributed by atoms with Gasteiger partial charge in [0.15, 0.2) is 0 Å². The summed E-state index contributed by atoms with van der Waals surface area (Å²) >= 11 is 0. The van der Waals surface area contributed by atoms with Crippen LogP contribution in [0.1, 0.15) is 66.3 Å². The van der Waals surface area contributed by atoms with Crippen LogP contribution in [0.15, 0.2) is 42.6 Å². The van der Waals surface area contributed by atoms with Gasteiger partial charge in [0.1, 0.15) is 0 Å². The molecule has 1 amide bonds. The van der Waals surface area contributed by atoms with Gasteiger partial charge in [-0.3, -0.25) is 9.78 Å². The molecule has 0 aliphatic heterocycles. The van der Waals surface area contributed by atoms with Crippen LogP contribution in [0.25, 0.3) is 10.9 Å². The Bertz CT molecular complexity index is 1050. The van der Waals surface area contributed by atoms with Crippen molar-refractivity contribution in [3.05, 3.63) is 70.4 Å². The van der Waals surface area contributed by atoms with Crippen molar-refractivity contribution in [3.8, 4) is 0 Å². The monoisotopic (exact) mass is 375 g/mol. The molecule has 3 aromatic rings. The fourth-order valence-electron chi connectivity index (χ4n) is 3.35. The molecule has 4 nitrogen and oxygen atoms in total. The summed E-state index contributed by atoms with van der Waals surface area (Å²) in [5, 5.41) is 4.09. The molecule has 0 spiro atoms. The van der Waals surface area contributed by atoms with Gasteiger partial charge in [-0.2, -0.15) is 0 Å². The van der Waals surface area contributed by atoms with Gasteiger partial charge < -0.3 is 11.1 Å². The van der Waals surface area contributed by atoms with Gasteiger partial charge in [0, 0.05) is 17.3 Å². The van der Waals surface area contributed by atoms with Gasteiger partial charge in [-0.1, -0.05) is 45.0 Å². The van der Waals surface area contributed by atoms with Gasteiger partial charge in [0.2, 0.25) is 0 Å². The average molecular weight is 376 g/mol. The number of carbonyl (C=O) groups excluding carboxylic acids is 1. The summed E-state index contributed by atoms with van der Waals surface area (Å²) in [4.78, 5) is 17.5. The molecular formula is C24H29N3O. The van der Waals surface area contributed by atoms with Gasteiger partial charge in [0.25, 0.3) is 5.91 Å². The number of rotatable bonds is 3. The summed E-state index contributed by atoms with van der Waals surface area (Å²) in [6.07, 6.45) is 1.68. The van der Waals surface area contributed by atoms with Crippen LogP contribution >= 0.6 is 0 Å². The minimum absolute atomic E-state index is 0.0620. The molecule has 0 unspecified atom stereocenters. The number of aromatic nitrogens is 1. The first-order chi connectivity index (χ1) is 13.1. The van der Waals surface area contributed by atoms with E-state index < -0.39 is 0 Å². The van der Waals surface area contributed by atoms with Gasteiger partial charge >= 0.3 is 0 Å². The van der Waals surface area contributed by atoms with Crippen LogP contribution in [0.4, 0.5) is 5.69 Å². The van der Waals surface area contributed by atoms with E-state index >= 15 is 0 Å². The number of nitrogen functional groups attached to an aromatic ring is 1. The third kappa shape index (κ3) is 3.86. The molecule has 0 fully saturated rings. The molecule has 3 N–H and O–H groups in total. The minimum Gasteiger partial charge on any atom is -0.399 e. The first-order valence-corrected chi connectivity index (χ1v) is 9.64. The van der Waals surface area contributed by atoms with Gasteiger partial charge in [0.05, 0.1) is 17.1 Å². The molecule has 0 saturated carbocycles. The molecule has 28 heavy (non-hydrogen) atoms. The quantitative estimate of drug-likeness (QED) is 0.617. The number of nitrogens with one attached hydrogen (secondary N) is 1. The van der Waals surface area contributed by atoms with Gasteiger partial charge in [-0.15, -0.1) is 0 Å². The highest BCUT2D eigenvalue weighted by molar-refractivity contribution is 6.00. The van der Waals surface area contributed by atoms with E-state index in [9.17, 15) is 4.79 Å². The smallest absolute Gasteiger partial charge is 0.253 e. The van der Waals surface area contributed by atoms with E-state index in [2.05, 4.69) is 49.3 Å². The molecule has 0 aliphatic carbocycles. The molecular weight excluding hydrogens is 346 g/mol. The Morgan fingerprint density at radius 1 is 1.11 bits per heavy atom. The lowest BCUT2D eigenvalue weighted by molar-refractivity contribution is 0.0939. The average Bonchev–Trinajstić information content (AvgIpc) is 2.63. The molecule has 0 saturated heterocycles. The third-order valence-corrected chi connectivity index (χ3v) is 5.39. The predicted molar refractivity (Wildman–Crippen MR) is 117 cm³/mol. The fraction of sp³-hybridized carbons (Fsp3) is 0.333. The van der Waals surface area contributed by atoms with E-state index in [1.165, 1.54) is 5.56 Å². The number of pyridine rings is 1. The van der Waals surface area contributed by atoms with Crippen LogP contribution in [0, 0.1) is 13.8 Å². The Labute approximate surface area is 167 Å². The van der Waals surface area contributed by atoms with Crippen molar-refractivity contribution in [2.45, 2.75) is 53.0 Å². The lowest BCUT2D eigenvalue weighted by Crippen LogP contribution is -2.27. The number of amides is 1. The zero-order valence-electron chi connectivity index (χ0n) is 17.6. The molecule has 0 aliphatic rings. The molecule has 0 bridgehead atoms. The zero-order valence-corrected chi connectivity index (χ0v) is 17.6. The number of benzene rings is 2. The first-order valence-electron chi connectivity index (χ1n) is 9.64. The van der Waals surface area contributed by atoms with E-state index in [-0.39, 0.29) is 17.4 Å². The maximum Gasteiger partial charge on any atom is 0.253 e. The van der Waals surface area contributed by atoms with Crippen LogP contribution in [0.3, 0.4) is 0 Å². The Morgan fingerprint density at radius 2 is 1.82 bits per heavy atom. The SMILES string of the molecule is Cc1cc([C@@H](C)NC(=O)c2cnc3cc(C(C)(C)C)ccc3c2C)ccc1N. The van der Waals surface area contributed by atoms with Crippen LogP contribution in [-0.4, -0.2) is 10.9 Å². The summed E-state index contributed by atoms with van der Waals surface area (Å²) < 4.78 is 0. The Hall–Kier alpha value is -2.88. The highest BCUT2D eigenvalue weighted by Gasteiger charge is 2.18. The van der Waals surface area contributed by atoms with E-state index in [4.69, 9.17) is 5.73 Å². The predicted octanol–water partition coefficient (Wildman–Crippen LogP) is 5.22. The Balaban J connectivity index is 1.89. The second-order valence-corrected chi connectivity index (χ2v) is 8.59. The van der Waals surface area contributed by atoms with Crippen molar-refractivity contribution < 1.29 is 4.79 Å². The van der Waals surface area contributed by atoms with E-state index in [0.717, 1.165) is 33.3 Å². The first kappa shape index (κ1) is 19.9. The molecule has 1 atom stereocenters. The maximum atomic E-state index is 12.9. The lowest BCUT2D eigenvalue weighted by atomic mass is 9.86. The topological polar surface area (TPSA) is 68.0 Å². The Morgan fingerprint density at radius 3 is 2.46 bits per heavy atom. The van der Waals surface area contributed by atoms with Crippen LogP contribution in [-0.2, 0) is 5.41 Å². The number of hydrogen-bond donors (Lipinski definition) is 2. The van der Waals surface area contributed by atoms with E-state index in [0.29, 0.717) is 5.56 Å². The number of hydrogen-bond acceptors (Lipinski definition) is 3. The summed E-state index contributed by atoms with van der Waals surface area (Å²) in [7, 11) is 0. The standard InChI is InChI=1S/C24H29N3O/c1-14-11-17(7-10-21(14)25)16(3)27-23(28)20-13-26-22-12-18(24(4,5)6)8-9-19(22)15(20)2/h7-13,16H,25H2,1-6H3,(H,27,28)/t16-/m1/s1. The van der Waals surface area contributed by atoms with Crippen molar-refractivity contribution in [1.82, 2.24) is 10.3 Å². The number of carbonyl (C=O) groups is 1. The van der Waals surface area contributed by atoms with E-state index in [1.807, 2.05) is 39.0 Å². The highest BCUT2D eigenvalue weighted by atomic mass is 16.1. The van der Waals surface area contributed by atoms with Crippen molar-refractivity contribution in [2.24, 2.45) is 0 Å². The van der Waals surface area contributed by atoms with Crippen LogP contribution < -0.4 is 11.1 Å².